The predicted molar refractivity (Wildman–Crippen MR) is 82.4 cm³/mol. The molecule has 0 aromatic heterocycles. The predicted octanol–water partition coefficient (Wildman–Crippen LogP) is 2.56. The lowest BCUT2D eigenvalue weighted by Gasteiger charge is -2.29. The first-order chi connectivity index (χ1) is 9.08. The van der Waals surface area contributed by atoms with Crippen LogP contribution in [0.5, 0.6) is 0 Å². The van der Waals surface area contributed by atoms with Crippen LogP contribution in [0.25, 0.3) is 0 Å². The summed E-state index contributed by atoms with van der Waals surface area (Å²) >= 11 is 0. The quantitative estimate of drug-likeness (QED) is 0.524. The van der Waals surface area contributed by atoms with E-state index < -0.39 is 0 Å². The molecule has 0 amide bonds. The first-order valence-electron chi connectivity index (χ1n) is 7.85. The van der Waals surface area contributed by atoms with Gasteiger partial charge in [-0.1, -0.05) is 11.6 Å². The average molecular weight is 268 g/mol. The number of aliphatic hydroxyl groups is 1. The van der Waals surface area contributed by atoms with Crippen molar-refractivity contribution in [3.63, 3.8) is 0 Å². The third-order valence-corrected chi connectivity index (χ3v) is 3.85. The van der Waals surface area contributed by atoms with Crippen molar-refractivity contribution in [1.82, 2.24) is 10.2 Å². The van der Waals surface area contributed by atoms with Crippen LogP contribution in [0.1, 0.15) is 52.9 Å². The van der Waals surface area contributed by atoms with E-state index in [0.717, 1.165) is 32.5 Å². The zero-order chi connectivity index (χ0) is 14.1. The van der Waals surface area contributed by atoms with Crippen LogP contribution in [0.15, 0.2) is 11.6 Å². The summed E-state index contributed by atoms with van der Waals surface area (Å²) < 4.78 is 0. The van der Waals surface area contributed by atoms with Crippen molar-refractivity contribution in [1.29, 1.82) is 0 Å². The second-order valence-corrected chi connectivity index (χ2v) is 6.14. The molecular formula is C16H32N2O. The average Bonchev–Trinajstić information content (AvgIpc) is 2.36. The molecule has 0 saturated carbocycles. The number of nitrogens with zero attached hydrogens (tertiary/aromatic N) is 1. The molecule has 1 aliphatic rings. The Hall–Kier alpha value is -0.380. The first kappa shape index (κ1) is 16.7. The lowest BCUT2D eigenvalue weighted by Crippen LogP contribution is -2.37. The molecular weight excluding hydrogens is 236 g/mol. The molecule has 1 unspecified atom stereocenters. The van der Waals surface area contributed by atoms with Crippen molar-refractivity contribution >= 4 is 0 Å². The number of nitrogens with one attached hydrogen (secondary N) is 1. The zero-order valence-electron chi connectivity index (χ0n) is 13.0. The van der Waals surface area contributed by atoms with Gasteiger partial charge in [-0.15, -0.1) is 0 Å². The Morgan fingerprint density at radius 2 is 2.05 bits per heavy atom. The zero-order valence-corrected chi connectivity index (χ0v) is 13.0. The topological polar surface area (TPSA) is 35.5 Å². The largest absolute Gasteiger partial charge is 0.393 e. The van der Waals surface area contributed by atoms with E-state index in [1.54, 1.807) is 0 Å². The summed E-state index contributed by atoms with van der Waals surface area (Å²) in [4.78, 5) is 2.47. The summed E-state index contributed by atoms with van der Waals surface area (Å²) in [6.07, 6.45) is 7.78. The molecule has 1 atom stereocenters. The summed E-state index contributed by atoms with van der Waals surface area (Å²) in [5.41, 5.74) is 1.42. The lowest BCUT2D eigenvalue weighted by atomic mass is 10.1. The normalized spacial score (nSPS) is 19.4. The number of hydrogen-bond donors (Lipinski definition) is 2. The highest BCUT2D eigenvalue weighted by molar-refractivity contribution is 4.93. The van der Waals surface area contributed by atoms with Gasteiger partial charge in [-0.2, -0.15) is 0 Å². The van der Waals surface area contributed by atoms with Gasteiger partial charge in [0.1, 0.15) is 0 Å². The summed E-state index contributed by atoms with van der Waals surface area (Å²) in [6, 6.07) is 0.610. The second-order valence-electron chi connectivity index (χ2n) is 6.14. The number of aliphatic hydroxyl groups excluding tert-OH is 1. The Morgan fingerprint density at radius 1 is 1.37 bits per heavy atom. The Labute approximate surface area is 119 Å². The van der Waals surface area contributed by atoms with Gasteiger partial charge in [0.25, 0.3) is 0 Å². The van der Waals surface area contributed by atoms with Crippen molar-refractivity contribution in [2.24, 2.45) is 0 Å². The molecule has 3 nitrogen and oxygen atoms in total. The van der Waals surface area contributed by atoms with Crippen LogP contribution in [-0.4, -0.2) is 48.3 Å². The van der Waals surface area contributed by atoms with Gasteiger partial charge in [0.2, 0.25) is 0 Å². The molecule has 0 bridgehead atoms. The van der Waals surface area contributed by atoms with Crippen LogP contribution < -0.4 is 5.32 Å². The van der Waals surface area contributed by atoms with Gasteiger partial charge < -0.3 is 15.3 Å². The van der Waals surface area contributed by atoms with Gasteiger partial charge in [-0.3, -0.25) is 0 Å². The molecule has 1 aliphatic heterocycles. The van der Waals surface area contributed by atoms with E-state index in [1.807, 2.05) is 0 Å². The van der Waals surface area contributed by atoms with Gasteiger partial charge >= 0.3 is 0 Å². The van der Waals surface area contributed by atoms with Crippen molar-refractivity contribution in [3.05, 3.63) is 11.6 Å². The smallest absolute Gasteiger partial charge is 0.0564 e. The Balaban J connectivity index is 1.96. The van der Waals surface area contributed by atoms with Crippen LogP contribution >= 0.6 is 0 Å². The first-order valence-corrected chi connectivity index (χ1v) is 7.85. The highest BCUT2D eigenvalue weighted by Gasteiger charge is 2.15. The summed E-state index contributed by atoms with van der Waals surface area (Å²) in [7, 11) is 0. The molecule has 0 radical (unpaired) electrons. The Bertz CT molecular complexity index is 253. The van der Waals surface area contributed by atoms with Crippen LogP contribution in [0, 0.1) is 0 Å². The molecule has 3 heteroatoms. The fourth-order valence-corrected chi connectivity index (χ4v) is 2.52. The van der Waals surface area contributed by atoms with E-state index in [9.17, 15) is 5.11 Å². The third-order valence-electron chi connectivity index (χ3n) is 3.85. The standard InChI is InChI=1S/C16H32N2O/c1-14(2)6-4-7-15(3)17-10-5-11-18-12-8-16(19)9-13-18/h6,15-17,19H,4-5,7-13H2,1-3H3. The molecule has 1 rings (SSSR count). The van der Waals surface area contributed by atoms with Gasteiger partial charge in [0.15, 0.2) is 0 Å². The summed E-state index contributed by atoms with van der Waals surface area (Å²) in [5, 5.41) is 13.0. The monoisotopic (exact) mass is 268 g/mol. The number of rotatable bonds is 8. The summed E-state index contributed by atoms with van der Waals surface area (Å²) in [6.45, 7) is 11.0. The number of hydrogen-bond acceptors (Lipinski definition) is 3. The molecule has 0 spiro atoms. The minimum atomic E-state index is -0.0514. The number of likely N-dealkylation sites (tertiary alicyclic amines) is 1. The SMILES string of the molecule is CC(C)=CCCC(C)NCCCN1CCC(O)CC1. The maximum Gasteiger partial charge on any atom is 0.0564 e. The molecule has 2 N–H and O–H groups in total. The highest BCUT2D eigenvalue weighted by atomic mass is 16.3. The van der Waals surface area contributed by atoms with E-state index in [0.29, 0.717) is 6.04 Å². The molecule has 19 heavy (non-hydrogen) atoms. The van der Waals surface area contributed by atoms with E-state index in [-0.39, 0.29) is 6.10 Å². The molecule has 1 saturated heterocycles. The molecule has 1 fully saturated rings. The van der Waals surface area contributed by atoms with Crippen molar-refractivity contribution in [2.75, 3.05) is 26.2 Å². The van der Waals surface area contributed by atoms with Gasteiger partial charge in [-0.25, -0.2) is 0 Å². The van der Waals surface area contributed by atoms with Crippen LogP contribution in [0.3, 0.4) is 0 Å². The fourth-order valence-electron chi connectivity index (χ4n) is 2.52. The Kier molecular flexibility index (Phi) is 8.35. The van der Waals surface area contributed by atoms with Crippen LogP contribution in [0.4, 0.5) is 0 Å². The van der Waals surface area contributed by atoms with E-state index in [4.69, 9.17) is 0 Å². The molecule has 0 aliphatic carbocycles. The van der Waals surface area contributed by atoms with Crippen molar-refractivity contribution in [3.8, 4) is 0 Å². The van der Waals surface area contributed by atoms with Gasteiger partial charge in [-0.05, 0) is 66.0 Å². The molecule has 0 aromatic rings. The van der Waals surface area contributed by atoms with E-state index in [1.165, 1.54) is 31.4 Å². The number of piperidine rings is 1. The lowest BCUT2D eigenvalue weighted by molar-refractivity contribution is 0.0820. The Morgan fingerprint density at radius 3 is 2.68 bits per heavy atom. The van der Waals surface area contributed by atoms with Crippen LogP contribution in [-0.2, 0) is 0 Å². The summed E-state index contributed by atoms with van der Waals surface area (Å²) in [5.74, 6) is 0. The molecule has 1 heterocycles. The minimum Gasteiger partial charge on any atom is -0.393 e. The second kappa shape index (κ2) is 9.51. The highest BCUT2D eigenvalue weighted by Crippen LogP contribution is 2.09. The van der Waals surface area contributed by atoms with E-state index >= 15 is 0 Å². The minimum absolute atomic E-state index is 0.0514. The third kappa shape index (κ3) is 8.40. The van der Waals surface area contributed by atoms with Crippen LogP contribution in [0.2, 0.25) is 0 Å². The van der Waals surface area contributed by atoms with Crippen molar-refractivity contribution < 1.29 is 5.11 Å². The molecule has 0 aromatic carbocycles. The van der Waals surface area contributed by atoms with Gasteiger partial charge in [0.05, 0.1) is 6.10 Å². The van der Waals surface area contributed by atoms with Gasteiger partial charge in [0, 0.05) is 19.1 Å². The maximum absolute atomic E-state index is 9.45. The number of allylic oxidation sites excluding steroid dienone is 2. The molecule has 112 valence electrons. The fraction of sp³-hybridized carbons (Fsp3) is 0.875. The van der Waals surface area contributed by atoms with Crippen molar-refractivity contribution in [2.45, 2.75) is 65.0 Å². The van der Waals surface area contributed by atoms with E-state index in [2.05, 4.69) is 37.1 Å². The maximum atomic E-state index is 9.45.